The first-order chi connectivity index (χ1) is 9.06. The largest absolute Gasteiger partial charge is 0.353 e. The summed E-state index contributed by atoms with van der Waals surface area (Å²) in [6.07, 6.45) is 3.56. The highest BCUT2D eigenvalue weighted by Crippen LogP contribution is 2.24. The van der Waals surface area contributed by atoms with Crippen molar-refractivity contribution in [3.05, 3.63) is 34.3 Å². The summed E-state index contributed by atoms with van der Waals surface area (Å²) < 4.78 is 1.10. The molecule has 1 aromatic rings. The second kappa shape index (κ2) is 8.01. The molecule has 0 heterocycles. The summed E-state index contributed by atoms with van der Waals surface area (Å²) >= 11 is 3.54. The quantitative estimate of drug-likeness (QED) is 0.866. The van der Waals surface area contributed by atoms with E-state index in [0.717, 1.165) is 30.2 Å². The zero-order valence-electron chi connectivity index (χ0n) is 11.6. The number of carbonyl (C=O) groups excluding carboxylic acids is 1. The predicted octanol–water partition coefficient (Wildman–Crippen LogP) is 3.05. The van der Waals surface area contributed by atoms with Gasteiger partial charge in [0.25, 0.3) is 0 Å². The van der Waals surface area contributed by atoms with Crippen molar-refractivity contribution in [2.45, 2.75) is 44.7 Å². The van der Waals surface area contributed by atoms with Crippen LogP contribution in [0.3, 0.4) is 0 Å². The van der Waals surface area contributed by atoms with Gasteiger partial charge in [-0.05, 0) is 44.2 Å². The van der Waals surface area contributed by atoms with Gasteiger partial charge in [0.1, 0.15) is 0 Å². The van der Waals surface area contributed by atoms with Gasteiger partial charge in [0, 0.05) is 22.5 Å². The van der Waals surface area contributed by atoms with Gasteiger partial charge >= 0.3 is 0 Å². The van der Waals surface area contributed by atoms with Crippen LogP contribution in [0.25, 0.3) is 0 Å². The topological polar surface area (TPSA) is 55.1 Å². The van der Waals surface area contributed by atoms with Crippen LogP contribution >= 0.6 is 28.3 Å². The minimum atomic E-state index is 0. The molecule has 1 amide bonds. The van der Waals surface area contributed by atoms with E-state index in [4.69, 9.17) is 5.73 Å². The van der Waals surface area contributed by atoms with Crippen molar-refractivity contribution in [1.82, 2.24) is 5.32 Å². The van der Waals surface area contributed by atoms with Crippen LogP contribution in [0.15, 0.2) is 28.7 Å². The lowest BCUT2D eigenvalue weighted by atomic mass is 10.0. The number of hydrogen-bond donors (Lipinski definition) is 2. The maximum atomic E-state index is 12.1. The van der Waals surface area contributed by atoms with Gasteiger partial charge < -0.3 is 11.1 Å². The molecule has 1 aliphatic carbocycles. The molecule has 3 N–H and O–H groups in total. The van der Waals surface area contributed by atoms with Crippen LogP contribution in [0, 0.1) is 5.92 Å². The average molecular weight is 362 g/mol. The fourth-order valence-corrected chi connectivity index (χ4v) is 3.11. The first kappa shape index (κ1) is 17.5. The molecule has 20 heavy (non-hydrogen) atoms. The van der Waals surface area contributed by atoms with Crippen molar-refractivity contribution in [1.29, 1.82) is 0 Å². The SMILES string of the molecule is CC(Cc1ccccc1Br)NC(=O)C1CCC(N)C1.Cl. The highest BCUT2D eigenvalue weighted by molar-refractivity contribution is 9.10. The minimum Gasteiger partial charge on any atom is -0.353 e. The second-order valence-electron chi connectivity index (χ2n) is 5.48. The van der Waals surface area contributed by atoms with Gasteiger partial charge in [-0.25, -0.2) is 0 Å². The summed E-state index contributed by atoms with van der Waals surface area (Å²) in [5.74, 6) is 0.268. The van der Waals surface area contributed by atoms with Gasteiger partial charge in [-0.3, -0.25) is 4.79 Å². The molecule has 1 aliphatic rings. The number of amides is 1. The molecule has 1 saturated carbocycles. The molecule has 0 aromatic heterocycles. The highest BCUT2D eigenvalue weighted by Gasteiger charge is 2.28. The number of halogens is 2. The molecule has 3 nitrogen and oxygen atoms in total. The van der Waals surface area contributed by atoms with Gasteiger partial charge in [0.05, 0.1) is 0 Å². The maximum absolute atomic E-state index is 12.1. The molecule has 0 radical (unpaired) electrons. The third-order valence-corrected chi connectivity index (χ3v) is 4.49. The Hall–Kier alpha value is -0.580. The van der Waals surface area contributed by atoms with Crippen molar-refractivity contribution >= 4 is 34.2 Å². The molecule has 0 saturated heterocycles. The number of nitrogens with one attached hydrogen (secondary N) is 1. The lowest BCUT2D eigenvalue weighted by Crippen LogP contribution is -2.38. The third kappa shape index (κ3) is 4.76. The smallest absolute Gasteiger partial charge is 0.223 e. The van der Waals surface area contributed by atoms with Crippen molar-refractivity contribution in [3.63, 3.8) is 0 Å². The van der Waals surface area contributed by atoms with Gasteiger partial charge in [-0.1, -0.05) is 34.1 Å². The summed E-state index contributed by atoms with van der Waals surface area (Å²) in [7, 11) is 0. The Balaban J connectivity index is 0.00000200. The molecular weight excluding hydrogens is 340 g/mol. The van der Waals surface area contributed by atoms with Gasteiger partial charge in [0.15, 0.2) is 0 Å². The molecule has 1 aromatic carbocycles. The Morgan fingerprint density at radius 2 is 2.15 bits per heavy atom. The fraction of sp³-hybridized carbons (Fsp3) is 0.533. The first-order valence-corrected chi connectivity index (χ1v) is 7.65. The Bertz CT molecular complexity index is 455. The van der Waals surface area contributed by atoms with Crippen molar-refractivity contribution in [2.24, 2.45) is 11.7 Å². The Morgan fingerprint density at radius 1 is 1.45 bits per heavy atom. The Labute approximate surface area is 135 Å². The Morgan fingerprint density at radius 3 is 2.75 bits per heavy atom. The van der Waals surface area contributed by atoms with E-state index < -0.39 is 0 Å². The van der Waals surface area contributed by atoms with Gasteiger partial charge in [0.2, 0.25) is 5.91 Å². The van der Waals surface area contributed by atoms with E-state index in [9.17, 15) is 4.79 Å². The predicted molar refractivity (Wildman–Crippen MR) is 88.0 cm³/mol. The van der Waals surface area contributed by atoms with Crippen LogP contribution in [0.4, 0.5) is 0 Å². The third-order valence-electron chi connectivity index (χ3n) is 3.72. The van der Waals surface area contributed by atoms with Crippen LogP contribution in [-0.4, -0.2) is 18.0 Å². The monoisotopic (exact) mass is 360 g/mol. The van der Waals surface area contributed by atoms with Crippen molar-refractivity contribution in [3.8, 4) is 0 Å². The highest BCUT2D eigenvalue weighted by atomic mass is 79.9. The number of hydrogen-bond acceptors (Lipinski definition) is 2. The van der Waals surface area contributed by atoms with Gasteiger partial charge in [-0.15, -0.1) is 12.4 Å². The Kier molecular flexibility index (Phi) is 7.00. The maximum Gasteiger partial charge on any atom is 0.223 e. The van der Waals surface area contributed by atoms with E-state index in [1.165, 1.54) is 5.56 Å². The van der Waals surface area contributed by atoms with Crippen LogP contribution < -0.4 is 11.1 Å². The van der Waals surface area contributed by atoms with Crippen molar-refractivity contribution in [2.75, 3.05) is 0 Å². The molecular formula is C15H22BrClN2O. The van der Waals surface area contributed by atoms with E-state index in [1.807, 2.05) is 25.1 Å². The summed E-state index contributed by atoms with van der Waals surface area (Å²) in [6.45, 7) is 2.05. The average Bonchev–Trinajstić information content (AvgIpc) is 2.79. The zero-order chi connectivity index (χ0) is 13.8. The second-order valence-corrected chi connectivity index (χ2v) is 6.33. The normalized spacial score (nSPS) is 22.9. The summed E-state index contributed by atoms with van der Waals surface area (Å²) in [5.41, 5.74) is 7.07. The lowest BCUT2D eigenvalue weighted by Gasteiger charge is -2.17. The van der Waals surface area contributed by atoms with E-state index in [-0.39, 0.29) is 36.3 Å². The van der Waals surface area contributed by atoms with E-state index >= 15 is 0 Å². The molecule has 2 rings (SSSR count). The molecule has 5 heteroatoms. The molecule has 0 spiro atoms. The summed E-state index contributed by atoms with van der Waals surface area (Å²) in [6, 6.07) is 8.47. The number of nitrogens with two attached hydrogens (primary N) is 1. The van der Waals surface area contributed by atoms with E-state index in [1.54, 1.807) is 0 Å². The molecule has 0 bridgehead atoms. The van der Waals surface area contributed by atoms with E-state index in [2.05, 4.69) is 27.3 Å². The first-order valence-electron chi connectivity index (χ1n) is 6.85. The minimum absolute atomic E-state index is 0. The van der Waals surface area contributed by atoms with Crippen LogP contribution in [0.2, 0.25) is 0 Å². The number of carbonyl (C=O) groups is 1. The lowest BCUT2D eigenvalue weighted by molar-refractivity contribution is -0.125. The fourth-order valence-electron chi connectivity index (χ4n) is 2.66. The zero-order valence-corrected chi connectivity index (χ0v) is 14.0. The molecule has 3 atom stereocenters. The van der Waals surface area contributed by atoms with Gasteiger partial charge in [-0.2, -0.15) is 0 Å². The molecule has 1 fully saturated rings. The summed E-state index contributed by atoms with van der Waals surface area (Å²) in [5, 5.41) is 3.10. The molecule has 112 valence electrons. The standard InChI is InChI=1S/C15H21BrN2O.ClH/c1-10(8-11-4-2-3-5-14(11)16)18-15(19)12-6-7-13(17)9-12;/h2-5,10,12-13H,6-9,17H2,1H3,(H,18,19);1H. The van der Waals surface area contributed by atoms with Crippen LogP contribution in [0.5, 0.6) is 0 Å². The van der Waals surface area contributed by atoms with Crippen LogP contribution in [0.1, 0.15) is 31.7 Å². The van der Waals surface area contributed by atoms with Crippen molar-refractivity contribution < 1.29 is 4.79 Å². The van der Waals surface area contributed by atoms with Crippen LogP contribution in [-0.2, 0) is 11.2 Å². The molecule has 3 unspecified atom stereocenters. The number of rotatable bonds is 4. The number of benzene rings is 1. The molecule has 0 aliphatic heterocycles. The van der Waals surface area contributed by atoms with E-state index in [0.29, 0.717) is 0 Å². The summed E-state index contributed by atoms with van der Waals surface area (Å²) in [4.78, 5) is 12.1.